The van der Waals surface area contributed by atoms with Gasteiger partial charge >= 0.3 is 5.97 Å². The van der Waals surface area contributed by atoms with Gasteiger partial charge in [0, 0.05) is 17.8 Å². The number of hydrogen-bond donors (Lipinski definition) is 1. The molecular formula is C15H22O5S. The van der Waals surface area contributed by atoms with Crippen LogP contribution in [0, 0.1) is 0 Å². The molecule has 0 aromatic heterocycles. The third kappa shape index (κ3) is 9.47. The lowest BCUT2D eigenvalue weighted by Crippen LogP contribution is -2.09. The first kappa shape index (κ1) is 18.0. The van der Waals surface area contributed by atoms with Crippen molar-refractivity contribution >= 4 is 17.7 Å². The van der Waals surface area contributed by atoms with Gasteiger partial charge < -0.3 is 19.3 Å². The van der Waals surface area contributed by atoms with E-state index in [0.29, 0.717) is 33.0 Å². The highest BCUT2D eigenvalue weighted by atomic mass is 32.2. The van der Waals surface area contributed by atoms with Gasteiger partial charge in [0.15, 0.2) is 0 Å². The molecule has 0 atom stereocenters. The van der Waals surface area contributed by atoms with Gasteiger partial charge in [0.1, 0.15) is 0 Å². The Kier molecular flexibility index (Phi) is 9.90. The fourth-order valence-electron chi connectivity index (χ4n) is 1.56. The fraction of sp³-hybridized carbons (Fsp3) is 0.533. The molecule has 0 radical (unpaired) electrons. The van der Waals surface area contributed by atoms with Gasteiger partial charge in [0.2, 0.25) is 0 Å². The van der Waals surface area contributed by atoms with Crippen LogP contribution >= 0.6 is 11.8 Å². The number of rotatable bonds is 12. The monoisotopic (exact) mass is 314 g/mol. The fourth-order valence-corrected chi connectivity index (χ4v) is 2.33. The summed E-state index contributed by atoms with van der Waals surface area (Å²) in [6, 6.07) is 7.58. The second-order valence-corrected chi connectivity index (χ2v) is 5.45. The van der Waals surface area contributed by atoms with Crippen LogP contribution < -0.4 is 0 Å². The summed E-state index contributed by atoms with van der Waals surface area (Å²) in [5, 5.41) is 8.69. The van der Waals surface area contributed by atoms with Crippen LogP contribution in [0.1, 0.15) is 5.56 Å². The molecule has 21 heavy (non-hydrogen) atoms. The molecule has 1 N–H and O–H groups in total. The first-order valence-corrected chi connectivity index (χ1v) is 7.79. The maximum atomic E-state index is 10.6. The summed E-state index contributed by atoms with van der Waals surface area (Å²) in [6.07, 6.45) is 0.0666. The van der Waals surface area contributed by atoms with Gasteiger partial charge in [-0.3, -0.25) is 4.79 Å². The molecular weight excluding hydrogens is 292 g/mol. The Bertz CT molecular complexity index is 394. The average Bonchev–Trinajstić information content (AvgIpc) is 2.47. The Labute approximate surface area is 129 Å². The van der Waals surface area contributed by atoms with Crippen LogP contribution in [0.25, 0.3) is 0 Å². The number of thioether (sulfide) groups is 1. The molecule has 0 aliphatic rings. The number of carboxylic acid groups (broad SMARTS) is 1. The Hall–Kier alpha value is -1.08. The molecule has 1 aromatic rings. The Balaban J connectivity index is 2.03. The standard InChI is InChI=1S/C15H22O5S/c1-18-6-7-19-8-9-20-10-11-21-14-4-2-13(3-5-14)12-15(16)17/h2-5H,6-12H2,1H3,(H,16,17). The SMILES string of the molecule is COCCOCCOCCSc1ccc(CC(=O)O)cc1. The van der Waals surface area contributed by atoms with Crippen molar-refractivity contribution in [2.75, 3.05) is 45.9 Å². The Morgan fingerprint density at radius 2 is 1.67 bits per heavy atom. The van der Waals surface area contributed by atoms with Crippen molar-refractivity contribution in [2.24, 2.45) is 0 Å². The highest BCUT2D eigenvalue weighted by Gasteiger charge is 2.00. The Morgan fingerprint density at radius 1 is 1.05 bits per heavy atom. The van der Waals surface area contributed by atoms with Crippen LogP contribution in [-0.4, -0.2) is 57.0 Å². The van der Waals surface area contributed by atoms with Crippen LogP contribution in [0.15, 0.2) is 29.2 Å². The van der Waals surface area contributed by atoms with E-state index in [2.05, 4.69) is 0 Å². The number of carbonyl (C=O) groups is 1. The summed E-state index contributed by atoms with van der Waals surface area (Å²) >= 11 is 1.69. The van der Waals surface area contributed by atoms with Crippen LogP contribution in [0.4, 0.5) is 0 Å². The van der Waals surface area contributed by atoms with E-state index >= 15 is 0 Å². The molecule has 0 aliphatic heterocycles. The van der Waals surface area contributed by atoms with E-state index < -0.39 is 5.97 Å². The topological polar surface area (TPSA) is 65.0 Å². The molecule has 1 rings (SSSR count). The van der Waals surface area contributed by atoms with Gasteiger partial charge in [0.25, 0.3) is 0 Å². The number of carboxylic acids is 1. The molecule has 6 heteroatoms. The molecule has 0 fully saturated rings. The quantitative estimate of drug-likeness (QED) is 0.471. The third-order valence-electron chi connectivity index (χ3n) is 2.58. The van der Waals surface area contributed by atoms with Crippen molar-refractivity contribution in [3.05, 3.63) is 29.8 Å². The second kappa shape index (κ2) is 11.6. The minimum Gasteiger partial charge on any atom is -0.481 e. The molecule has 5 nitrogen and oxygen atoms in total. The minimum absolute atomic E-state index is 0.0666. The molecule has 0 saturated heterocycles. The summed E-state index contributed by atoms with van der Waals surface area (Å²) in [4.78, 5) is 11.7. The number of methoxy groups -OCH3 is 1. The van der Waals surface area contributed by atoms with Gasteiger partial charge in [-0.05, 0) is 17.7 Å². The smallest absolute Gasteiger partial charge is 0.307 e. The van der Waals surface area contributed by atoms with E-state index in [1.165, 1.54) is 0 Å². The van der Waals surface area contributed by atoms with Crippen LogP contribution in [0.5, 0.6) is 0 Å². The Morgan fingerprint density at radius 3 is 2.29 bits per heavy atom. The van der Waals surface area contributed by atoms with Crippen molar-refractivity contribution < 1.29 is 24.1 Å². The van der Waals surface area contributed by atoms with E-state index in [-0.39, 0.29) is 6.42 Å². The van der Waals surface area contributed by atoms with Gasteiger partial charge in [-0.1, -0.05) is 12.1 Å². The van der Waals surface area contributed by atoms with Crippen molar-refractivity contribution in [1.82, 2.24) is 0 Å². The average molecular weight is 314 g/mol. The van der Waals surface area contributed by atoms with Crippen LogP contribution in [-0.2, 0) is 25.4 Å². The largest absolute Gasteiger partial charge is 0.481 e. The predicted molar refractivity (Wildman–Crippen MR) is 82.0 cm³/mol. The van der Waals surface area contributed by atoms with E-state index in [0.717, 1.165) is 16.2 Å². The lowest BCUT2D eigenvalue weighted by atomic mass is 10.2. The van der Waals surface area contributed by atoms with Gasteiger partial charge in [-0.2, -0.15) is 0 Å². The summed E-state index contributed by atoms with van der Waals surface area (Å²) in [6.45, 7) is 3.03. The minimum atomic E-state index is -0.809. The zero-order valence-electron chi connectivity index (χ0n) is 12.2. The predicted octanol–water partition coefficient (Wildman–Crippen LogP) is 2.09. The molecule has 118 valence electrons. The van der Waals surface area contributed by atoms with Crippen molar-refractivity contribution in [3.63, 3.8) is 0 Å². The molecule has 0 saturated carbocycles. The highest BCUT2D eigenvalue weighted by Crippen LogP contribution is 2.18. The maximum Gasteiger partial charge on any atom is 0.307 e. The molecule has 0 amide bonds. The number of ether oxygens (including phenoxy) is 3. The molecule has 0 bridgehead atoms. The summed E-state index contributed by atoms with van der Waals surface area (Å²) in [5.74, 6) is 0.0487. The van der Waals surface area contributed by atoms with Crippen molar-refractivity contribution in [2.45, 2.75) is 11.3 Å². The lowest BCUT2D eigenvalue weighted by Gasteiger charge is -2.06. The van der Waals surface area contributed by atoms with Crippen molar-refractivity contribution in [1.29, 1.82) is 0 Å². The second-order valence-electron chi connectivity index (χ2n) is 4.28. The van der Waals surface area contributed by atoms with E-state index in [9.17, 15) is 4.79 Å². The summed E-state index contributed by atoms with van der Waals surface area (Å²) < 4.78 is 15.6. The number of benzene rings is 1. The normalized spacial score (nSPS) is 10.7. The van der Waals surface area contributed by atoms with E-state index in [1.54, 1.807) is 18.9 Å². The molecule has 1 aromatic carbocycles. The molecule has 0 unspecified atom stereocenters. The maximum absolute atomic E-state index is 10.6. The first-order valence-electron chi connectivity index (χ1n) is 6.80. The molecule has 0 heterocycles. The zero-order valence-corrected chi connectivity index (χ0v) is 13.1. The number of hydrogen-bond acceptors (Lipinski definition) is 5. The van der Waals surface area contributed by atoms with Gasteiger partial charge in [-0.25, -0.2) is 0 Å². The van der Waals surface area contributed by atoms with Crippen LogP contribution in [0.2, 0.25) is 0 Å². The number of aliphatic carboxylic acids is 1. The first-order chi connectivity index (χ1) is 10.2. The third-order valence-corrected chi connectivity index (χ3v) is 3.56. The van der Waals surface area contributed by atoms with E-state index in [1.807, 2.05) is 24.3 Å². The van der Waals surface area contributed by atoms with Crippen molar-refractivity contribution in [3.8, 4) is 0 Å². The van der Waals surface area contributed by atoms with Crippen LogP contribution in [0.3, 0.4) is 0 Å². The molecule has 0 spiro atoms. The van der Waals surface area contributed by atoms with E-state index in [4.69, 9.17) is 19.3 Å². The lowest BCUT2D eigenvalue weighted by molar-refractivity contribution is -0.136. The zero-order chi connectivity index (χ0) is 15.3. The summed E-state index contributed by atoms with van der Waals surface area (Å²) in [7, 11) is 1.64. The van der Waals surface area contributed by atoms with Gasteiger partial charge in [0.05, 0.1) is 39.5 Å². The summed E-state index contributed by atoms with van der Waals surface area (Å²) in [5.41, 5.74) is 0.816. The highest BCUT2D eigenvalue weighted by molar-refractivity contribution is 7.99. The molecule has 0 aliphatic carbocycles. The van der Waals surface area contributed by atoms with Gasteiger partial charge in [-0.15, -0.1) is 11.8 Å².